The molecule has 2 aromatic heterocycles. The van der Waals surface area contributed by atoms with Gasteiger partial charge in [0.15, 0.2) is 0 Å². The van der Waals surface area contributed by atoms with Crippen molar-refractivity contribution < 1.29 is 0 Å². The summed E-state index contributed by atoms with van der Waals surface area (Å²) in [5, 5.41) is 12.2. The lowest BCUT2D eigenvalue weighted by molar-refractivity contribution is 0.170. The quantitative estimate of drug-likeness (QED) is 0.709. The monoisotopic (exact) mass is 414 g/mol. The van der Waals surface area contributed by atoms with Gasteiger partial charge in [0.1, 0.15) is 0 Å². The molecule has 2 fully saturated rings. The van der Waals surface area contributed by atoms with Gasteiger partial charge in [0.2, 0.25) is 5.95 Å². The van der Waals surface area contributed by atoms with Gasteiger partial charge in [-0.3, -0.25) is 0 Å². The number of piperazine rings is 1. The number of thiophene rings is 1. The zero-order valence-corrected chi connectivity index (χ0v) is 19.1. The van der Waals surface area contributed by atoms with E-state index in [2.05, 4.69) is 72.6 Å². The molecule has 0 bridgehead atoms. The molecule has 2 saturated heterocycles. The van der Waals surface area contributed by atoms with Gasteiger partial charge < -0.3 is 20.9 Å². The van der Waals surface area contributed by atoms with Gasteiger partial charge in [-0.15, -0.1) is 11.3 Å². The van der Waals surface area contributed by atoms with Crippen LogP contribution in [-0.2, 0) is 0 Å². The summed E-state index contributed by atoms with van der Waals surface area (Å²) in [7, 11) is 0. The zero-order valence-electron chi connectivity index (χ0n) is 18.2. The van der Waals surface area contributed by atoms with Crippen molar-refractivity contribution in [3.63, 3.8) is 0 Å². The average molecular weight is 415 g/mol. The van der Waals surface area contributed by atoms with E-state index in [0.717, 1.165) is 44.1 Å². The first-order valence-corrected chi connectivity index (χ1v) is 11.5. The summed E-state index contributed by atoms with van der Waals surface area (Å²) in [4.78, 5) is 13.0. The molecule has 0 aliphatic carbocycles. The number of piperidine rings is 1. The van der Waals surface area contributed by atoms with Gasteiger partial charge in [0.25, 0.3) is 0 Å². The summed E-state index contributed by atoms with van der Waals surface area (Å²) in [6.45, 7) is 14.5. The fourth-order valence-electron chi connectivity index (χ4n) is 4.94. The molecule has 4 heterocycles. The number of aromatic nitrogens is 2. The van der Waals surface area contributed by atoms with Crippen LogP contribution in [0.3, 0.4) is 0 Å². The van der Waals surface area contributed by atoms with Crippen molar-refractivity contribution in [3.8, 4) is 10.6 Å². The van der Waals surface area contributed by atoms with Crippen LogP contribution in [0.5, 0.6) is 0 Å². The number of rotatable bonds is 4. The van der Waals surface area contributed by atoms with Crippen LogP contribution < -0.4 is 20.9 Å². The van der Waals surface area contributed by atoms with Gasteiger partial charge in [0, 0.05) is 49.0 Å². The number of nitrogens with one attached hydrogen (secondary N) is 3. The molecule has 1 atom stereocenters. The molecule has 7 heteroatoms. The second kappa shape index (κ2) is 7.85. The Morgan fingerprint density at radius 2 is 1.90 bits per heavy atom. The maximum Gasteiger partial charge on any atom is 0.223 e. The summed E-state index contributed by atoms with van der Waals surface area (Å²) in [6.07, 6.45) is 3.97. The van der Waals surface area contributed by atoms with Crippen LogP contribution >= 0.6 is 11.3 Å². The Bertz CT molecular complexity index is 829. The molecule has 1 unspecified atom stereocenters. The van der Waals surface area contributed by atoms with Gasteiger partial charge in [-0.2, -0.15) is 0 Å². The maximum absolute atomic E-state index is 4.84. The van der Waals surface area contributed by atoms with E-state index in [4.69, 9.17) is 4.98 Å². The molecule has 0 radical (unpaired) electrons. The fourth-order valence-corrected chi connectivity index (χ4v) is 5.95. The van der Waals surface area contributed by atoms with Crippen molar-refractivity contribution in [2.24, 2.45) is 0 Å². The summed E-state index contributed by atoms with van der Waals surface area (Å²) >= 11 is 1.82. The molecular weight excluding hydrogens is 380 g/mol. The average Bonchev–Trinajstić information content (AvgIpc) is 3.09. The van der Waals surface area contributed by atoms with Gasteiger partial charge >= 0.3 is 0 Å². The first kappa shape index (κ1) is 20.6. The third kappa shape index (κ3) is 5.08. The minimum Gasteiger partial charge on any atom is -0.361 e. The zero-order chi connectivity index (χ0) is 20.6. The van der Waals surface area contributed by atoms with Crippen molar-refractivity contribution in [1.82, 2.24) is 20.6 Å². The highest BCUT2D eigenvalue weighted by Gasteiger charge is 2.37. The highest BCUT2D eigenvalue weighted by molar-refractivity contribution is 7.19. The molecule has 158 valence electrons. The Morgan fingerprint density at radius 3 is 2.62 bits per heavy atom. The largest absolute Gasteiger partial charge is 0.361 e. The molecule has 6 nitrogen and oxygen atoms in total. The van der Waals surface area contributed by atoms with Crippen LogP contribution in [0, 0.1) is 0 Å². The van der Waals surface area contributed by atoms with E-state index in [1.165, 1.54) is 9.88 Å². The topological polar surface area (TPSA) is 65.1 Å². The highest BCUT2D eigenvalue weighted by Crippen LogP contribution is 2.34. The predicted octanol–water partition coefficient (Wildman–Crippen LogP) is 3.72. The second-order valence-electron chi connectivity index (χ2n) is 9.85. The molecular formula is C22H34N6S. The standard InChI is InChI=1S/C22H34N6S/c1-15-14-28(11-10-23-15)19-7-6-18(29-19)17-8-9-24-20(26-17)25-16-12-21(2,3)27-22(4,5)13-16/h6-9,15-16,23,27H,10-14H2,1-5H3,(H,24,25,26). The highest BCUT2D eigenvalue weighted by atomic mass is 32.1. The molecule has 29 heavy (non-hydrogen) atoms. The van der Waals surface area contributed by atoms with Crippen molar-refractivity contribution in [3.05, 3.63) is 24.4 Å². The Balaban J connectivity index is 1.48. The third-order valence-electron chi connectivity index (χ3n) is 5.70. The minimum absolute atomic E-state index is 0.0973. The van der Waals surface area contributed by atoms with Crippen LogP contribution in [0.2, 0.25) is 0 Å². The van der Waals surface area contributed by atoms with Crippen LogP contribution in [0.1, 0.15) is 47.5 Å². The van der Waals surface area contributed by atoms with Crippen LogP contribution in [-0.4, -0.2) is 52.8 Å². The summed E-state index contributed by atoms with van der Waals surface area (Å²) in [5.74, 6) is 0.728. The minimum atomic E-state index is 0.0973. The molecule has 4 rings (SSSR count). The van der Waals surface area contributed by atoms with Crippen molar-refractivity contribution >= 4 is 22.3 Å². The Morgan fingerprint density at radius 1 is 1.14 bits per heavy atom. The van der Waals surface area contributed by atoms with Gasteiger partial charge in [0.05, 0.1) is 15.6 Å². The number of anilines is 2. The summed E-state index contributed by atoms with van der Waals surface area (Å²) in [5.41, 5.74) is 1.19. The lowest BCUT2D eigenvalue weighted by atomic mass is 9.80. The van der Waals surface area contributed by atoms with Crippen molar-refractivity contribution in [2.45, 2.75) is 70.6 Å². The molecule has 3 N–H and O–H groups in total. The van der Waals surface area contributed by atoms with E-state index in [1.54, 1.807) is 0 Å². The maximum atomic E-state index is 4.84. The molecule has 0 aromatic carbocycles. The SMILES string of the molecule is CC1CN(c2ccc(-c3ccnc(NC4CC(C)(C)NC(C)(C)C4)n3)s2)CCN1. The van der Waals surface area contributed by atoms with Crippen LogP contribution in [0.25, 0.3) is 10.6 Å². The molecule has 2 aliphatic heterocycles. The Kier molecular flexibility index (Phi) is 5.57. The summed E-state index contributed by atoms with van der Waals surface area (Å²) in [6, 6.07) is 7.32. The molecule has 0 saturated carbocycles. The third-order valence-corrected chi connectivity index (χ3v) is 6.87. The summed E-state index contributed by atoms with van der Waals surface area (Å²) < 4.78 is 0. The number of hydrogen-bond acceptors (Lipinski definition) is 7. The lowest BCUT2D eigenvalue weighted by Crippen LogP contribution is -2.60. The van der Waals surface area contributed by atoms with E-state index in [0.29, 0.717) is 12.1 Å². The van der Waals surface area contributed by atoms with E-state index in [1.807, 2.05) is 23.6 Å². The van der Waals surface area contributed by atoms with E-state index < -0.39 is 0 Å². The normalized spacial score (nSPS) is 24.4. The number of hydrogen-bond donors (Lipinski definition) is 3. The smallest absolute Gasteiger partial charge is 0.223 e. The van der Waals surface area contributed by atoms with Gasteiger partial charge in [-0.1, -0.05) is 0 Å². The second-order valence-corrected chi connectivity index (χ2v) is 10.9. The predicted molar refractivity (Wildman–Crippen MR) is 123 cm³/mol. The lowest BCUT2D eigenvalue weighted by Gasteiger charge is -2.46. The molecule has 0 amide bonds. The Labute approximate surface area is 178 Å². The molecule has 2 aromatic rings. The first-order valence-electron chi connectivity index (χ1n) is 10.7. The van der Waals surface area contributed by atoms with Crippen molar-refractivity contribution in [2.75, 3.05) is 29.9 Å². The van der Waals surface area contributed by atoms with E-state index >= 15 is 0 Å². The number of nitrogens with zero attached hydrogens (tertiary/aromatic N) is 3. The van der Waals surface area contributed by atoms with Gasteiger partial charge in [-0.25, -0.2) is 9.97 Å². The van der Waals surface area contributed by atoms with Crippen LogP contribution in [0.4, 0.5) is 10.9 Å². The van der Waals surface area contributed by atoms with Crippen molar-refractivity contribution in [1.29, 1.82) is 0 Å². The fraction of sp³-hybridized carbons (Fsp3) is 0.636. The Hall–Kier alpha value is -1.70. The molecule has 2 aliphatic rings. The van der Waals surface area contributed by atoms with E-state index in [9.17, 15) is 0 Å². The van der Waals surface area contributed by atoms with Gasteiger partial charge in [-0.05, 0) is 65.7 Å². The first-order chi connectivity index (χ1) is 13.7. The van der Waals surface area contributed by atoms with Crippen LogP contribution in [0.15, 0.2) is 24.4 Å². The molecule has 0 spiro atoms. The van der Waals surface area contributed by atoms with E-state index in [-0.39, 0.29) is 11.1 Å².